The van der Waals surface area contributed by atoms with Crippen molar-refractivity contribution >= 4 is 23.2 Å². The van der Waals surface area contributed by atoms with Crippen LogP contribution in [0.4, 0.5) is 5.69 Å². The van der Waals surface area contributed by atoms with E-state index in [4.69, 9.17) is 21.1 Å². The van der Waals surface area contributed by atoms with Crippen molar-refractivity contribution in [1.82, 2.24) is 4.90 Å². The lowest BCUT2D eigenvalue weighted by Gasteiger charge is -2.26. The summed E-state index contributed by atoms with van der Waals surface area (Å²) in [6.45, 7) is 5.36. The van der Waals surface area contributed by atoms with E-state index in [-0.39, 0.29) is 12.0 Å². The fraction of sp³-hybridized carbons (Fsp3) is 0.409. The monoisotopic (exact) mass is 418 g/mol. The highest BCUT2D eigenvalue weighted by molar-refractivity contribution is 6.30. The normalized spacial score (nSPS) is 18.8. The van der Waals surface area contributed by atoms with Gasteiger partial charge in [-0.1, -0.05) is 23.7 Å². The quantitative estimate of drug-likeness (QED) is 0.685. The fourth-order valence-corrected chi connectivity index (χ4v) is 3.44. The molecule has 2 N–H and O–H groups in total. The molecular formula is C22H27ClN2O4. The van der Waals surface area contributed by atoms with Gasteiger partial charge in [0.05, 0.1) is 5.69 Å². The molecule has 29 heavy (non-hydrogen) atoms. The molecule has 1 amide bonds. The second-order valence-corrected chi connectivity index (χ2v) is 7.75. The number of nitrogens with zero attached hydrogens (tertiary/aromatic N) is 1. The molecule has 0 aliphatic carbocycles. The number of halogens is 1. The van der Waals surface area contributed by atoms with Gasteiger partial charge in [0, 0.05) is 31.6 Å². The highest BCUT2D eigenvalue weighted by Crippen LogP contribution is 2.26. The van der Waals surface area contributed by atoms with Crippen LogP contribution in [0.5, 0.6) is 11.5 Å². The topological polar surface area (TPSA) is 71.0 Å². The molecule has 0 radical (unpaired) electrons. The number of benzene rings is 2. The molecule has 1 fully saturated rings. The maximum atomic E-state index is 11.4. The number of ether oxygens (including phenoxy) is 2. The van der Waals surface area contributed by atoms with Gasteiger partial charge in [0.2, 0.25) is 5.91 Å². The predicted molar refractivity (Wildman–Crippen MR) is 114 cm³/mol. The average Bonchev–Trinajstić information content (AvgIpc) is 3.11. The van der Waals surface area contributed by atoms with Gasteiger partial charge in [-0.2, -0.15) is 0 Å². The van der Waals surface area contributed by atoms with Crippen LogP contribution in [0.1, 0.15) is 20.3 Å². The first kappa shape index (κ1) is 21.4. The van der Waals surface area contributed by atoms with Gasteiger partial charge in [0.25, 0.3) is 0 Å². The number of aliphatic hydroxyl groups excluding tert-OH is 1. The lowest BCUT2D eigenvalue weighted by molar-refractivity contribution is -0.114. The molecule has 1 aliphatic heterocycles. The van der Waals surface area contributed by atoms with Crippen LogP contribution in [-0.2, 0) is 4.79 Å². The molecule has 7 heteroatoms. The fourth-order valence-electron chi connectivity index (χ4n) is 3.32. The third kappa shape index (κ3) is 6.35. The van der Waals surface area contributed by atoms with Gasteiger partial charge in [-0.15, -0.1) is 0 Å². The highest BCUT2D eigenvalue weighted by atomic mass is 35.5. The van der Waals surface area contributed by atoms with E-state index in [1.165, 1.54) is 6.92 Å². The Kier molecular flexibility index (Phi) is 7.36. The Morgan fingerprint density at radius 2 is 2.00 bits per heavy atom. The van der Waals surface area contributed by atoms with E-state index >= 15 is 0 Å². The number of anilines is 1. The number of amides is 1. The van der Waals surface area contributed by atoms with Gasteiger partial charge in [-0.05, 0) is 49.7 Å². The number of carbonyl (C=O) groups excluding carboxylic acids is 1. The largest absolute Gasteiger partial charge is 0.489 e. The smallest absolute Gasteiger partial charge is 0.221 e. The van der Waals surface area contributed by atoms with E-state index in [1.807, 2.05) is 43.3 Å². The number of aliphatic hydroxyl groups is 1. The Hall–Kier alpha value is -2.28. The minimum atomic E-state index is -0.672. The first-order chi connectivity index (χ1) is 13.9. The molecule has 3 unspecified atom stereocenters. The SMILES string of the molecule is CC(=O)Nc1ccccc1OC(C)C(O)CN1CCC(Oc2ccc(Cl)cc2)C1. The van der Waals surface area contributed by atoms with Crippen LogP contribution < -0.4 is 14.8 Å². The molecule has 6 nitrogen and oxygen atoms in total. The molecule has 2 aromatic rings. The lowest BCUT2D eigenvalue weighted by Crippen LogP contribution is -2.40. The van der Waals surface area contributed by atoms with Crippen LogP contribution in [0.25, 0.3) is 0 Å². The van der Waals surface area contributed by atoms with Crippen molar-refractivity contribution in [2.45, 2.75) is 38.6 Å². The standard InChI is InChI=1S/C22H27ClN2O4/c1-15(28-22-6-4-3-5-20(22)24-16(2)26)21(27)14-25-12-11-19(13-25)29-18-9-7-17(23)8-10-18/h3-10,15,19,21,27H,11-14H2,1-2H3,(H,24,26). The number of hydrogen-bond donors (Lipinski definition) is 2. The number of likely N-dealkylation sites (tertiary alicyclic amines) is 1. The van der Waals surface area contributed by atoms with Crippen LogP contribution in [0, 0.1) is 0 Å². The van der Waals surface area contributed by atoms with E-state index in [2.05, 4.69) is 10.2 Å². The third-order valence-electron chi connectivity index (χ3n) is 4.84. The summed E-state index contributed by atoms with van der Waals surface area (Å²) in [5.41, 5.74) is 0.594. The van der Waals surface area contributed by atoms with Crippen LogP contribution >= 0.6 is 11.6 Å². The number of hydrogen-bond acceptors (Lipinski definition) is 5. The maximum absolute atomic E-state index is 11.4. The van der Waals surface area contributed by atoms with Crippen molar-refractivity contribution in [3.8, 4) is 11.5 Å². The van der Waals surface area contributed by atoms with Gasteiger partial charge in [0.1, 0.15) is 29.8 Å². The van der Waals surface area contributed by atoms with Gasteiger partial charge in [-0.3, -0.25) is 9.69 Å². The second kappa shape index (κ2) is 9.96. The summed E-state index contributed by atoms with van der Waals surface area (Å²) in [6, 6.07) is 14.6. The van der Waals surface area contributed by atoms with Gasteiger partial charge < -0.3 is 19.9 Å². The third-order valence-corrected chi connectivity index (χ3v) is 5.10. The zero-order chi connectivity index (χ0) is 20.8. The Bertz CT molecular complexity index is 815. The molecule has 1 aliphatic rings. The highest BCUT2D eigenvalue weighted by Gasteiger charge is 2.28. The molecule has 3 rings (SSSR count). The summed E-state index contributed by atoms with van der Waals surface area (Å²) in [6.07, 6.45) is -0.119. The number of para-hydroxylation sites is 2. The van der Waals surface area contributed by atoms with Crippen molar-refractivity contribution in [3.05, 3.63) is 53.6 Å². The van der Waals surface area contributed by atoms with Crippen molar-refractivity contribution in [1.29, 1.82) is 0 Å². The maximum Gasteiger partial charge on any atom is 0.221 e. The Balaban J connectivity index is 1.49. The van der Waals surface area contributed by atoms with E-state index in [1.54, 1.807) is 12.1 Å². The molecule has 0 saturated carbocycles. The molecule has 0 spiro atoms. The number of β-amino-alcohol motifs (C(OH)–C–C–N with tert-alkyl or cyclic N) is 1. The first-order valence-electron chi connectivity index (χ1n) is 9.76. The minimum Gasteiger partial charge on any atom is -0.489 e. The Labute approximate surface area is 176 Å². The molecule has 1 heterocycles. The van der Waals surface area contributed by atoms with Crippen LogP contribution in [0.15, 0.2) is 48.5 Å². The van der Waals surface area contributed by atoms with Gasteiger partial charge in [-0.25, -0.2) is 0 Å². The van der Waals surface area contributed by atoms with Crippen molar-refractivity contribution < 1.29 is 19.4 Å². The molecule has 1 saturated heterocycles. The van der Waals surface area contributed by atoms with E-state index in [9.17, 15) is 9.90 Å². The zero-order valence-corrected chi connectivity index (χ0v) is 17.4. The van der Waals surface area contributed by atoms with Crippen LogP contribution in [0.2, 0.25) is 5.02 Å². The van der Waals surface area contributed by atoms with E-state index in [0.29, 0.717) is 23.0 Å². The summed E-state index contributed by atoms with van der Waals surface area (Å²) < 4.78 is 11.9. The molecule has 3 atom stereocenters. The lowest BCUT2D eigenvalue weighted by atomic mass is 10.2. The number of carbonyl (C=O) groups is 1. The summed E-state index contributed by atoms with van der Waals surface area (Å²) in [4.78, 5) is 13.5. The molecular weight excluding hydrogens is 392 g/mol. The second-order valence-electron chi connectivity index (χ2n) is 7.31. The molecule has 0 aromatic heterocycles. The van der Waals surface area contributed by atoms with Crippen molar-refractivity contribution in [2.24, 2.45) is 0 Å². The number of nitrogens with one attached hydrogen (secondary N) is 1. The van der Waals surface area contributed by atoms with Gasteiger partial charge in [0.15, 0.2) is 0 Å². The summed E-state index contributed by atoms with van der Waals surface area (Å²) in [7, 11) is 0. The van der Waals surface area contributed by atoms with E-state index in [0.717, 1.165) is 25.3 Å². The van der Waals surface area contributed by atoms with Crippen LogP contribution in [0.3, 0.4) is 0 Å². The van der Waals surface area contributed by atoms with Crippen molar-refractivity contribution in [3.63, 3.8) is 0 Å². The van der Waals surface area contributed by atoms with E-state index < -0.39 is 12.2 Å². The van der Waals surface area contributed by atoms with Crippen molar-refractivity contribution in [2.75, 3.05) is 25.0 Å². The molecule has 156 valence electrons. The van der Waals surface area contributed by atoms with Crippen LogP contribution in [-0.4, -0.2) is 53.9 Å². The molecule has 0 bridgehead atoms. The Morgan fingerprint density at radius 3 is 2.72 bits per heavy atom. The molecule has 2 aromatic carbocycles. The van der Waals surface area contributed by atoms with Gasteiger partial charge >= 0.3 is 0 Å². The Morgan fingerprint density at radius 1 is 1.28 bits per heavy atom. The average molecular weight is 419 g/mol. The summed E-state index contributed by atoms with van der Waals surface area (Å²) in [5, 5.41) is 14.0. The first-order valence-corrected chi connectivity index (χ1v) is 10.1. The predicted octanol–water partition coefficient (Wildman–Crippen LogP) is 3.58. The summed E-state index contributed by atoms with van der Waals surface area (Å²) >= 11 is 5.91. The zero-order valence-electron chi connectivity index (χ0n) is 16.7. The minimum absolute atomic E-state index is 0.0834. The summed E-state index contributed by atoms with van der Waals surface area (Å²) in [5.74, 6) is 1.17. The number of rotatable bonds is 8.